The highest BCUT2D eigenvalue weighted by molar-refractivity contribution is 8.18. The van der Waals surface area contributed by atoms with Crippen molar-refractivity contribution >= 4 is 34.9 Å². The lowest BCUT2D eigenvalue weighted by molar-refractivity contribution is -0.142. The summed E-state index contributed by atoms with van der Waals surface area (Å²) in [5.41, 5.74) is 0.709. The lowest BCUT2D eigenvalue weighted by atomic mass is 10.2. The minimum absolute atomic E-state index is 0.187. The van der Waals surface area contributed by atoms with Crippen LogP contribution in [0.3, 0.4) is 0 Å². The minimum Gasteiger partial charge on any atom is -0.481 e. The Morgan fingerprint density at radius 1 is 1.36 bits per heavy atom. The Bertz CT molecular complexity index is 726. The van der Waals surface area contributed by atoms with Crippen molar-refractivity contribution in [3.63, 3.8) is 0 Å². The number of morpholine rings is 1. The second kappa shape index (κ2) is 8.17. The summed E-state index contributed by atoms with van der Waals surface area (Å²) in [5, 5.41) is 0.701. The van der Waals surface area contributed by atoms with Crippen molar-refractivity contribution in [1.82, 2.24) is 4.90 Å². The summed E-state index contributed by atoms with van der Waals surface area (Å²) in [5.74, 6) is -0.227. The molecule has 25 heavy (non-hydrogen) atoms. The topological polar surface area (TPSA) is 77.4 Å². The zero-order valence-electron chi connectivity index (χ0n) is 13.8. The Morgan fingerprint density at radius 2 is 2.12 bits per heavy atom. The molecule has 0 unspecified atom stereocenters. The zero-order chi connectivity index (χ0) is 17.6. The first-order valence-electron chi connectivity index (χ1n) is 7.81. The van der Waals surface area contributed by atoms with Gasteiger partial charge in [0.15, 0.2) is 11.8 Å². The molecular weight excluding hydrogens is 344 g/mol. The van der Waals surface area contributed by atoms with Gasteiger partial charge in [-0.1, -0.05) is 18.2 Å². The molecule has 1 amide bonds. The molecule has 1 saturated heterocycles. The fourth-order valence-corrected chi connectivity index (χ4v) is 3.31. The maximum atomic E-state index is 12.2. The van der Waals surface area contributed by atoms with Crippen LogP contribution in [-0.4, -0.2) is 62.0 Å². The number of hydrogen-bond donors (Lipinski definition) is 0. The Balaban J connectivity index is 1.73. The van der Waals surface area contributed by atoms with Crippen LogP contribution >= 0.6 is 11.8 Å². The van der Waals surface area contributed by atoms with E-state index in [1.807, 2.05) is 17.0 Å². The van der Waals surface area contributed by atoms with Crippen LogP contribution in [0.25, 0.3) is 6.08 Å². The van der Waals surface area contributed by atoms with Crippen molar-refractivity contribution in [1.29, 1.82) is 0 Å². The fraction of sp³-hybridized carbons (Fsp3) is 0.353. The monoisotopic (exact) mass is 362 g/mol. The molecule has 132 valence electrons. The second-order valence-electron chi connectivity index (χ2n) is 5.31. The quantitative estimate of drug-likeness (QED) is 0.594. The summed E-state index contributed by atoms with van der Waals surface area (Å²) in [7, 11) is 1.30. The molecule has 2 aliphatic heterocycles. The number of rotatable bonds is 4. The lowest BCUT2D eigenvalue weighted by Crippen LogP contribution is -2.38. The molecule has 0 aromatic heterocycles. The number of benzene rings is 1. The molecule has 7 nitrogen and oxygen atoms in total. The van der Waals surface area contributed by atoms with Crippen molar-refractivity contribution in [3.8, 4) is 5.75 Å². The largest absolute Gasteiger partial charge is 0.481 e. The predicted octanol–water partition coefficient (Wildman–Crippen LogP) is 1.54. The van der Waals surface area contributed by atoms with E-state index in [4.69, 9.17) is 9.47 Å². The number of amidine groups is 1. The molecular formula is C17H18N2O5S. The fourth-order valence-electron chi connectivity index (χ4n) is 2.36. The average molecular weight is 362 g/mol. The smallest absolute Gasteiger partial charge is 0.343 e. The number of methoxy groups -OCH3 is 1. The Kier molecular flexibility index (Phi) is 5.72. The molecule has 0 bridgehead atoms. The van der Waals surface area contributed by atoms with E-state index in [1.54, 1.807) is 18.2 Å². The molecule has 0 N–H and O–H groups in total. The van der Waals surface area contributed by atoms with Gasteiger partial charge in [0.2, 0.25) is 0 Å². The normalized spacial score (nSPS) is 19.1. The van der Waals surface area contributed by atoms with Crippen LogP contribution in [-0.2, 0) is 19.1 Å². The summed E-state index contributed by atoms with van der Waals surface area (Å²) >= 11 is 1.34. The van der Waals surface area contributed by atoms with E-state index in [1.165, 1.54) is 18.9 Å². The van der Waals surface area contributed by atoms with E-state index in [9.17, 15) is 9.59 Å². The van der Waals surface area contributed by atoms with Crippen LogP contribution in [0, 0.1) is 0 Å². The highest BCUT2D eigenvalue weighted by atomic mass is 32.2. The van der Waals surface area contributed by atoms with Gasteiger partial charge >= 0.3 is 5.97 Å². The molecule has 0 aliphatic carbocycles. The Hall–Kier alpha value is -2.32. The van der Waals surface area contributed by atoms with Crippen LogP contribution in [0.1, 0.15) is 5.56 Å². The number of esters is 1. The summed E-state index contributed by atoms with van der Waals surface area (Å²) < 4.78 is 15.4. The number of carbonyl (C=O) groups is 2. The number of para-hydroxylation sites is 1. The highest BCUT2D eigenvalue weighted by Gasteiger charge is 2.27. The van der Waals surface area contributed by atoms with Gasteiger partial charge in [0.05, 0.1) is 25.2 Å². The van der Waals surface area contributed by atoms with Crippen molar-refractivity contribution in [3.05, 3.63) is 34.7 Å². The first-order chi connectivity index (χ1) is 12.2. The van der Waals surface area contributed by atoms with E-state index >= 15 is 0 Å². The number of ether oxygens (including phenoxy) is 3. The molecule has 2 aliphatic rings. The van der Waals surface area contributed by atoms with Crippen LogP contribution in [0.5, 0.6) is 5.75 Å². The van der Waals surface area contributed by atoms with Gasteiger partial charge in [0.25, 0.3) is 5.91 Å². The van der Waals surface area contributed by atoms with Crippen LogP contribution in [0.15, 0.2) is 34.2 Å². The molecule has 1 aromatic rings. The molecule has 0 saturated carbocycles. The standard InChI is InChI=1S/C17H18N2O5S/c1-22-15(20)11-24-13-5-3-2-4-12(13)10-14-16(21)18-17(25-14)19-6-8-23-9-7-19/h2-5,10H,6-9,11H2,1H3. The van der Waals surface area contributed by atoms with Gasteiger partial charge in [-0.2, -0.15) is 4.99 Å². The van der Waals surface area contributed by atoms with E-state index in [0.717, 1.165) is 13.1 Å². The minimum atomic E-state index is -0.466. The first kappa shape index (κ1) is 17.5. The molecule has 1 aromatic carbocycles. The van der Waals surface area contributed by atoms with Crippen LogP contribution in [0.4, 0.5) is 0 Å². The van der Waals surface area contributed by atoms with E-state index in [0.29, 0.717) is 34.6 Å². The number of carbonyl (C=O) groups excluding carboxylic acids is 2. The van der Waals surface area contributed by atoms with Crippen molar-refractivity contribution < 1.29 is 23.8 Å². The SMILES string of the molecule is COC(=O)COc1ccccc1C=C1SC(N2CCOCC2)=NC1=O. The lowest BCUT2D eigenvalue weighted by Gasteiger charge is -2.27. The van der Waals surface area contributed by atoms with E-state index in [-0.39, 0.29) is 12.5 Å². The van der Waals surface area contributed by atoms with Crippen LogP contribution < -0.4 is 4.74 Å². The third kappa shape index (κ3) is 4.40. The van der Waals surface area contributed by atoms with Gasteiger partial charge in [-0.15, -0.1) is 0 Å². The molecule has 2 heterocycles. The summed E-state index contributed by atoms with van der Waals surface area (Å²) in [6, 6.07) is 7.20. The van der Waals surface area contributed by atoms with Gasteiger partial charge in [-0.3, -0.25) is 4.79 Å². The molecule has 3 rings (SSSR count). The summed E-state index contributed by atoms with van der Waals surface area (Å²) in [4.78, 5) is 30.2. The van der Waals surface area contributed by atoms with Gasteiger partial charge in [-0.25, -0.2) is 4.79 Å². The van der Waals surface area contributed by atoms with Crippen molar-refractivity contribution in [2.75, 3.05) is 40.0 Å². The van der Waals surface area contributed by atoms with Crippen molar-refractivity contribution in [2.45, 2.75) is 0 Å². The highest BCUT2D eigenvalue weighted by Crippen LogP contribution is 2.32. The number of thioether (sulfide) groups is 1. The average Bonchev–Trinajstić information content (AvgIpc) is 3.02. The third-order valence-corrected chi connectivity index (χ3v) is 4.71. The molecule has 0 atom stereocenters. The third-order valence-electron chi connectivity index (χ3n) is 3.67. The Labute approximate surface area is 149 Å². The van der Waals surface area contributed by atoms with Gasteiger partial charge < -0.3 is 19.1 Å². The predicted molar refractivity (Wildman–Crippen MR) is 94.4 cm³/mol. The maximum Gasteiger partial charge on any atom is 0.343 e. The van der Waals surface area contributed by atoms with Gasteiger partial charge in [-0.05, 0) is 23.9 Å². The van der Waals surface area contributed by atoms with Gasteiger partial charge in [0, 0.05) is 18.7 Å². The summed E-state index contributed by atoms with van der Waals surface area (Å²) in [6.07, 6.45) is 1.73. The first-order valence-corrected chi connectivity index (χ1v) is 8.63. The summed E-state index contributed by atoms with van der Waals surface area (Å²) in [6.45, 7) is 2.54. The molecule has 8 heteroatoms. The maximum absolute atomic E-state index is 12.2. The van der Waals surface area contributed by atoms with E-state index < -0.39 is 5.97 Å². The Morgan fingerprint density at radius 3 is 2.88 bits per heavy atom. The molecule has 0 spiro atoms. The number of amides is 1. The van der Waals surface area contributed by atoms with Crippen molar-refractivity contribution in [2.24, 2.45) is 4.99 Å². The second-order valence-corrected chi connectivity index (χ2v) is 6.32. The number of hydrogen-bond acceptors (Lipinski definition) is 7. The van der Waals surface area contributed by atoms with E-state index in [2.05, 4.69) is 9.73 Å². The number of nitrogens with zero attached hydrogens (tertiary/aromatic N) is 2. The molecule has 1 fully saturated rings. The zero-order valence-corrected chi connectivity index (χ0v) is 14.6. The molecule has 0 radical (unpaired) electrons. The van der Waals surface area contributed by atoms with Gasteiger partial charge in [0.1, 0.15) is 5.75 Å². The van der Waals surface area contributed by atoms with Crippen LogP contribution in [0.2, 0.25) is 0 Å². The number of aliphatic imine (C=N–C) groups is 1.